The highest BCUT2D eigenvalue weighted by molar-refractivity contribution is 7.12. The third-order valence-corrected chi connectivity index (χ3v) is 5.65. The molecule has 142 valence electrons. The van der Waals surface area contributed by atoms with Crippen molar-refractivity contribution < 1.29 is 9.53 Å². The molecule has 1 unspecified atom stereocenters. The van der Waals surface area contributed by atoms with Crippen LogP contribution < -0.4 is 10.1 Å². The second-order valence-electron chi connectivity index (χ2n) is 6.29. The number of nitrogens with zero attached hydrogens (tertiary/aromatic N) is 2. The van der Waals surface area contributed by atoms with E-state index in [0.29, 0.717) is 11.5 Å². The molecule has 0 saturated carbocycles. The van der Waals surface area contributed by atoms with E-state index in [1.807, 2.05) is 61.2 Å². The molecular formula is C20H22ClN3O2S. The molecule has 27 heavy (non-hydrogen) atoms. The minimum absolute atomic E-state index is 0.0926. The maximum Gasteiger partial charge on any atom is 0.261 e. The lowest BCUT2D eigenvalue weighted by molar-refractivity contribution is 0.0942. The van der Waals surface area contributed by atoms with Gasteiger partial charge in [0.1, 0.15) is 12.4 Å². The Balaban J connectivity index is 1.59. The normalized spacial score (nSPS) is 12.0. The number of halogens is 1. The number of benzene rings is 1. The van der Waals surface area contributed by atoms with Crippen molar-refractivity contribution in [1.29, 1.82) is 0 Å². The number of carbonyl (C=O) groups is 1. The smallest absolute Gasteiger partial charge is 0.261 e. The molecule has 0 bridgehead atoms. The van der Waals surface area contributed by atoms with E-state index in [1.54, 1.807) is 6.20 Å². The van der Waals surface area contributed by atoms with E-state index in [1.165, 1.54) is 11.3 Å². The summed E-state index contributed by atoms with van der Waals surface area (Å²) in [4.78, 5) is 13.2. The highest BCUT2D eigenvalue weighted by atomic mass is 35.5. The maximum atomic E-state index is 12.5. The molecule has 0 spiro atoms. The van der Waals surface area contributed by atoms with Crippen molar-refractivity contribution in [3.63, 3.8) is 0 Å². The van der Waals surface area contributed by atoms with Crippen LogP contribution in [0.5, 0.6) is 5.75 Å². The van der Waals surface area contributed by atoms with Gasteiger partial charge in [-0.1, -0.05) is 11.6 Å². The van der Waals surface area contributed by atoms with Crippen LogP contribution in [0.3, 0.4) is 0 Å². The molecule has 7 heteroatoms. The molecule has 3 aromatic rings. The van der Waals surface area contributed by atoms with E-state index in [4.69, 9.17) is 16.3 Å². The number of aryl methyl sites for hydroxylation is 2. The van der Waals surface area contributed by atoms with Crippen LogP contribution in [-0.2, 0) is 13.2 Å². The molecule has 1 amide bonds. The van der Waals surface area contributed by atoms with Gasteiger partial charge in [0.25, 0.3) is 5.91 Å². The quantitative estimate of drug-likeness (QED) is 0.604. The SMILES string of the molecule is CCn1nccc1C(C)NC(=O)c1cc(COc2ccc(Cl)c(C)c2)cs1. The number of nitrogens with one attached hydrogen (secondary N) is 1. The fraction of sp³-hybridized carbons (Fsp3) is 0.300. The zero-order chi connectivity index (χ0) is 19.4. The lowest BCUT2D eigenvalue weighted by Gasteiger charge is -2.14. The number of thiophene rings is 1. The Morgan fingerprint density at radius 1 is 1.37 bits per heavy atom. The van der Waals surface area contributed by atoms with Gasteiger partial charge < -0.3 is 10.1 Å². The average Bonchev–Trinajstić information content (AvgIpc) is 3.31. The number of aromatic nitrogens is 2. The lowest BCUT2D eigenvalue weighted by atomic mass is 10.2. The highest BCUT2D eigenvalue weighted by Crippen LogP contribution is 2.23. The van der Waals surface area contributed by atoms with Crippen LogP contribution >= 0.6 is 22.9 Å². The minimum atomic E-state index is -0.112. The van der Waals surface area contributed by atoms with Crippen LogP contribution in [0.2, 0.25) is 5.02 Å². The molecule has 5 nitrogen and oxygen atoms in total. The van der Waals surface area contributed by atoms with Crippen LogP contribution in [0.1, 0.15) is 46.4 Å². The Kier molecular flexibility index (Phi) is 6.19. The van der Waals surface area contributed by atoms with Crippen molar-refractivity contribution in [2.45, 2.75) is 40.0 Å². The molecule has 0 fully saturated rings. The maximum absolute atomic E-state index is 12.5. The number of rotatable bonds is 7. The molecule has 1 aromatic carbocycles. The summed E-state index contributed by atoms with van der Waals surface area (Å²) in [6.45, 7) is 7.10. The Morgan fingerprint density at radius 3 is 2.93 bits per heavy atom. The molecule has 0 aliphatic heterocycles. The van der Waals surface area contributed by atoms with Crippen molar-refractivity contribution in [2.75, 3.05) is 0 Å². The molecule has 3 rings (SSSR count). The number of hydrogen-bond donors (Lipinski definition) is 1. The molecule has 2 aromatic heterocycles. The molecule has 0 saturated heterocycles. The first-order valence-corrected chi connectivity index (χ1v) is 10.0. The van der Waals surface area contributed by atoms with E-state index in [2.05, 4.69) is 10.4 Å². The third kappa shape index (κ3) is 4.70. The van der Waals surface area contributed by atoms with Crippen LogP contribution in [0, 0.1) is 6.92 Å². The number of hydrogen-bond acceptors (Lipinski definition) is 4. The Bertz CT molecular complexity index is 935. The van der Waals surface area contributed by atoms with Gasteiger partial charge in [0.05, 0.1) is 16.6 Å². The van der Waals surface area contributed by atoms with Gasteiger partial charge in [-0.2, -0.15) is 5.10 Å². The summed E-state index contributed by atoms with van der Waals surface area (Å²) in [6, 6.07) is 9.25. The molecule has 1 atom stereocenters. The van der Waals surface area contributed by atoms with E-state index in [-0.39, 0.29) is 11.9 Å². The van der Waals surface area contributed by atoms with E-state index >= 15 is 0 Å². The average molecular weight is 404 g/mol. The van der Waals surface area contributed by atoms with Gasteiger partial charge in [-0.25, -0.2) is 0 Å². The Morgan fingerprint density at radius 2 is 2.19 bits per heavy atom. The van der Waals surface area contributed by atoms with Crippen LogP contribution in [0.25, 0.3) is 0 Å². The van der Waals surface area contributed by atoms with Gasteiger partial charge in [0.2, 0.25) is 0 Å². The summed E-state index contributed by atoms with van der Waals surface area (Å²) in [5.74, 6) is 0.667. The first-order valence-electron chi connectivity index (χ1n) is 8.77. The van der Waals surface area contributed by atoms with Gasteiger partial charge in [-0.05, 0) is 62.0 Å². The van der Waals surface area contributed by atoms with Crippen molar-refractivity contribution in [1.82, 2.24) is 15.1 Å². The van der Waals surface area contributed by atoms with Gasteiger partial charge in [0, 0.05) is 23.3 Å². The Hall–Kier alpha value is -2.31. The molecule has 0 aliphatic rings. The zero-order valence-electron chi connectivity index (χ0n) is 15.5. The number of carbonyl (C=O) groups excluding carboxylic acids is 1. The van der Waals surface area contributed by atoms with Crippen molar-refractivity contribution in [3.8, 4) is 5.75 Å². The largest absolute Gasteiger partial charge is 0.489 e. The van der Waals surface area contributed by atoms with E-state index < -0.39 is 0 Å². The minimum Gasteiger partial charge on any atom is -0.489 e. The topological polar surface area (TPSA) is 56.2 Å². The molecule has 0 radical (unpaired) electrons. The molecule has 1 N–H and O–H groups in total. The summed E-state index contributed by atoms with van der Waals surface area (Å²) in [5, 5.41) is 9.94. The van der Waals surface area contributed by atoms with Gasteiger partial charge in [-0.3, -0.25) is 9.48 Å². The van der Waals surface area contributed by atoms with Crippen molar-refractivity contribution >= 4 is 28.8 Å². The van der Waals surface area contributed by atoms with Crippen LogP contribution in [-0.4, -0.2) is 15.7 Å². The molecule has 0 aliphatic carbocycles. The lowest BCUT2D eigenvalue weighted by Crippen LogP contribution is -2.27. The monoisotopic (exact) mass is 403 g/mol. The number of ether oxygens (including phenoxy) is 1. The van der Waals surface area contributed by atoms with Crippen molar-refractivity contribution in [2.24, 2.45) is 0 Å². The summed E-state index contributed by atoms with van der Waals surface area (Å²) in [5.41, 5.74) is 2.92. The van der Waals surface area contributed by atoms with E-state index in [9.17, 15) is 4.79 Å². The highest BCUT2D eigenvalue weighted by Gasteiger charge is 2.16. The van der Waals surface area contributed by atoms with Crippen LogP contribution in [0.15, 0.2) is 41.9 Å². The second kappa shape index (κ2) is 8.59. The molecular weight excluding hydrogens is 382 g/mol. The summed E-state index contributed by atoms with van der Waals surface area (Å²) in [7, 11) is 0. The Labute approximate surface area is 167 Å². The fourth-order valence-corrected chi connectivity index (χ4v) is 3.68. The summed E-state index contributed by atoms with van der Waals surface area (Å²) >= 11 is 7.44. The first-order chi connectivity index (χ1) is 13.0. The fourth-order valence-electron chi connectivity index (χ4n) is 2.76. The van der Waals surface area contributed by atoms with Crippen molar-refractivity contribution in [3.05, 3.63) is 68.6 Å². The second-order valence-corrected chi connectivity index (χ2v) is 7.60. The number of amides is 1. The summed E-state index contributed by atoms with van der Waals surface area (Å²) in [6.07, 6.45) is 1.75. The first kappa shape index (κ1) is 19.5. The molecule has 2 heterocycles. The van der Waals surface area contributed by atoms with Gasteiger partial charge in [-0.15, -0.1) is 11.3 Å². The predicted molar refractivity (Wildman–Crippen MR) is 109 cm³/mol. The zero-order valence-corrected chi connectivity index (χ0v) is 17.1. The van der Waals surface area contributed by atoms with Gasteiger partial charge in [0.15, 0.2) is 0 Å². The summed E-state index contributed by atoms with van der Waals surface area (Å²) < 4.78 is 7.68. The standard InChI is InChI=1S/C20H22ClN3O2S/c1-4-24-18(7-8-22-24)14(3)23-20(25)19-10-15(12-27-19)11-26-16-5-6-17(21)13(2)9-16/h5-10,12,14H,4,11H2,1-3H3,(H,23,25). The van der Waals surface area contributed by atoms with E-state index in [0.717, 1.165) is 34.1 Å². The predicted octanol–water partition coefficient (Wildman–Crippen LogP) is 5.00. The van der Waals surface area contributed by atoms with Crippen LogP contribution in [0.4, 0.5) is 0 Å². The third-order valence-electron chi connectivity index (χ3n) is 4.25. The van der Waals surface area contributed by atoms with Gasteiger partial charge >= 0.3 is 0 Å².